The highest BCUT2D eigenvalue weighted by atomic mass is 16.2. The number of nitrogens with one attached hydrogen (secondary N) is 1. The molecule has 0 unspecified atom stereocenters. The largest absolute Gasteiger partial charge is 0.369 e. The Kier molecular flexibility index (Phi) is 5.06. The number of piperazine rings is 1. The molecule has 1 aliphatic carbocycles. The van der Waals surface area contributed by atoms with Gasteiger partial charge in [0.1, 0.15) is 5.41 Å². The number of nitriles is 1. The summed E-state index contributed by atoms with van der Waals surface area (Å²) >= 11 is 0. The molecule has 0 aromatic heterocycles. The van der Waals surface area contributed by atoms with E-state index in [0.29, 0.717) is 12.8 Å². The van der Waals surface area contributed by atoms with Crippen molar-refractivity contribution in [2.75, 3.05) is 37.6 Å². The molecule has 1 heterocycles. The standard InChI is InChI=1S/C19H26N4O/c1-16(21-18(24)19(15-20)8-5-9-19)14-22-10-12-23(13-11-22)17-6-3-2-4-7-17/h2-4,6-7,16H,5,8-14H2,1H3,(H,21,24)/t16-/m0/s1. The Balaban J connectivity index is 1.44. The number of hydrogen-bond acceptors (Lipinski definition) is 4. The van der Waals surface area contributed by atoms with Crippen molar-refractivity contribution in [2.24, 2.45) is 5.41 Å². The van der Waals surface area contributed by atoms with Crippen molar-refractivity contribution in [3.8, 4) is 6.07 Å². The van der Waals surface area contributed by atoms with E-state index < -0.39 is 5.41 Å². The van der Waals surface area contributed by atoms with Gasteiger partial charge in [0.2, 0.25) is 5.91 Å². The number of para-hydroxylation sites is 1. The number of nitrogens with zero attached hydrogens (tertiary/aromatic N) is 3. The number of rotatable bonds is 5. The lowest BCUT2D eigenvalue weighted by Crippen LogP contribution is -2.53. The number of hydrogen-bond donors (Lipinski definition) is 1. The van der Waals surface area contributed by atoms with Gasteiger partial charge < -0.3 is 10.2 Å². The SMILES string of the molecule is C[C@@H](CN1CCN(c2ccccc2)CC1)NC(=O)C1(C#N)CCC1. The van der Waals surface area contributed by atoms with Crippen LogP contribution in [0.1, 0.15) is 26.2 Å². The van der Waals surface area contributed by atoms with Gasteiger partial charge in [0.05, 0.1) is 6.07 Å². The molecule has 1 saturated heterocycles. The van der Waals surface area contributed by atoms with Crippen LogP contribution in [0.2, 0.25) is 0 Å². The molecule has 1 saturated carbocycles. The molecule has 24 heavy (non-hydrogen) atoms. The second-order valence-electron chi connectivity index (χ2n) is 7.05. The van der Waals surface area contributed by atoms with Gasteiger partial charge in [-0.25, -0.2) is 0 Å². The lowest BCUT2D eigenvalue weighted by molar-refractivity contribution is -0.132. The predicted molar refractivity (Wildman–Crippen MR) is 94.6 cm³/mol. The summed E-state index contributed by atoms with van der Waals surface area (Å²) in [6.07, 6.45) is 2.40. The van der Waals surface area contributed by atoms with Crippen molar-refractivity contribution in [1.82, 2.24) is 10.2 Å². The summed E-state index contributed by atoms with van der Waals surface area (Å²) in [5.41, 5.74) is 0.528. The molecular weight excluding hydrogens is 300 g/mol. The highest BCUT2D eigenvalue weighted by Gasteiger charge is 2.44. The zero-order chi connectivity index (χ0) is 17.0. The summed E-state index contributed by atoms with van der Waals surface area (Å²) in [6.45, 7) is 6.89. The quantitative estimate of drug-likeness (QED) is 0.899. The maximum atomic E-state index is 12.3. The maximum absolute atomic E-state index is 12.3. The van der Waals surface area contributed by atoms with Crippen LogP contribution in [-0.4, -0.2) is 49.6 Å². The molecule has 3 rings (SSSR count). The smallest absolute Gasteiger partial charge is 0.240 e. The Labute approximate surface area is 144 Å². The molecule has 128 valence electrons. The van der Waals surface area contributed by atoms with E-state index in [2.05, 4.69) is 45.5 Å². The maximum Gasteiger partial charge on any atom is 0.240 e. The fourth-order valence-corrected chi connectivity index (χ4v) is 3.54. The molecule has 2 aliphatic rings. The molecule has 1 aromatic carbocycles. The molecule has 1 N–H and O–H groups in total. The minimum absolute atomic E-state index is 0.0756. The van der Waals surface area contributed by atoms with Crippen LogP contribution in [-0.2, 0) is 4.79 Å². The average Bonchev–Trinajstić information content (AvgIpc) is 2.56. The van der Waals surface area contributed by atoms with Crippen LogP contribution in [0.4, 0.5) is 5.69 Å². The molecule has 1 atom stereocenters. The van der Waals surface area contributed by atoms with Crippen molar-refractivity contribution in [2.45, 2.75) is 32.2 Å². The molecule has 5 nitrogen and oxygen atoms in total. The predicted octanol–water partition coefficient (Wildman–Crippen LogP) is 2.01. The second kappa shape index (κ2) is 7.23. The summed E-state index contributed by atoms with van der Waals surface area (Å²) in [5, 5.41) is 12.3. The summed E-state index contributed by atoms with van der Waals surface area (Å²) in [4.78, 5) is 17.1. The highest BCUT2D eigenvalue weighted by Crippen LogP contribution is 2.40. The van der Waals surface area contributed by atoms with Crippen molar-refractivity contribution in [3.63, 3.8) is 0 Å². The van der Waals surface area contributed by atoms with Gasteiger partial charge in [-0.1, -0.05) is 18.2 Å². The topological polar surface area (TPSA) is 59.4 Å². The van der Waals surface area contributed by atoms with E-state index in [1.165, 1.54) is 5.69 Å². The first kappa shape index (κ1) is 16.8. The van der Waals surface area contributed by atoms with E-state index in [9.17, 15) is 10.1 Å². The summed E-state index contributed by atoms with van der Waals surface area (Å²) in [5.74, 6) is -0.0772. The Hall–Kier alpha value is -2.06. The van der Waals surface area contributed by atoms with Gasteiger partial charge in [0.15, 0.2) is 0 Å². The van der Waals surface area contributed by atoms with Crippen LogP contribution >= 0.6 is 0 Å². The molecule has 1 amide bonds. The summed E-state index contributed by atoms with van der Waals surface area (Å²) in [7, 11) is 0. The lowest BCUT2D eigenvalue weighted by Gasteiger charge is -2.38. The Morgan fingerprint density at radius 1 is 1.25 bits per heavy atom. The van der Waals surface area contributed by atoms with Crippen LogP contribution < -0.4 is 10.2 Å². The average molecular weight is 326 g/mol. The van der Waals surface area contributed by atoms with Gasteiger partial charge in [-0.05, 0) is 38.3 Å². The number of carbonyl (C=O) groups excluding carboxylic acids is 1. The first-order chi connectivity index (χ1) is 11.6. The number of amides is 1. The van der Waals surface area contributed by atoms with Crippen molar-refractivity contribution in [3.05, 3.63) is 30.3 Å². The summed E-state index contributed by atoms with van der Waals surface area (Å²) in [6, 6.07) is 12.8. The lowest BCUT2D eigenvalue weighted by atomic mass is 9.69. The normalized spacial score (nSPS) is 21.4. The van der Waals surface area contributed by atoms with Gasteiger partial charge in [-0.2, -0.15) is 5.26 Å². The van der Waals surface area contributed by atoms with Gasteiger partial charge in [-0.15, -0.1) is 0 Å². The van der Waals surface area contributed by atoms with Crippen LogP contribution in [0.25, 0.3) is 0 Å². The highest BCUT2D eigenvalue weighted by molar-refractivity contribution is 5.86. The molecule has 2 fully saturated rings. The second-order valence-corrected chi connectivity index (χ2v) is 7.05. The van der Waals surface area contributed by atoms with Crippen molar-refractivity contribution in [1.29, 1.82) is 5.26 Å². The minimum Gasteiger partial charge on any atom is -0.369 e. The third kappa shape index (κ3) is 3.54. The number of carbonyl (C=O) groups is 1. The van der Waals surface area contributed by atoms with E-state index in [1.54, 1.807) is 0 Å². The zero-order valence-corrected chi connectivity index (χ0v) is 14.4. The van der Waals surface area contributed by atoms with Crippen LogP contribution in [0.3, 0.4) is 0 Å². The van der Waals surface area contributed by atoms with E-state index >= 15 is 0 Å². The fourth-order valence-electron chi connectivity index (χ4n) is 3.54. The Morgan fingerprint density at radius 3 is 2.46 bits per heavy atom. The van der Waals surface area contributed by atoms with E-state index in [-0.39, 0.29) is 11.9 Å². The fraction of sp³-hybridized carbons (Fsp3) is 0.579. The van der Waals surface area contributed by atoms with Gasteiger partial charge in [0.25, 0.3) is 0 Å². The number of anilines is 1. The van der Waals surface area contributed by atoms with Gasteiger partial charge in [0, 0.05) is 44.5 Å². The van der Waals surface area contributed by atoms with Gasteiger partial charge in [-0.3, -0.25) is 9.69 Å². The molecular formula is C19H26N4O. The zero-order valence-electron chi connectivity index (χ0n) is 14.4. The van der Waals surface area contributed by atoms with Crippen LogP contribution in [0, 0.1) is 16.7 Å². The number of benzene rings is 1. The molecule has 0 bridgehead atoms. The molecule has 5 heteroatoms. The Morgan fingerprint density at radius 2 is 1.92 bits per heavy atom. The molecule has 0 spiro atoms. The van der Waals surface area contributed by atoms with Crippen LogP contribution in [0.5, 0.6) is 0 Å². The molecule has 0 radical (unpaired) electrons. The Bertz CT molecular complexity index is 598. The third-order valence-electron chi connectivity index (χ3n) is 5.26. The summed E-state index contributed by atoms with van der Waals surface area (Å²) < 4.78 is 0. The monoisotopic (exact) mass is 326 g/mol. The van der Waals surface area contributed by atoms with Crippen molar-refractivity contribution < 1.29 is 4.79 Å². The molecule has 1 aromatic rings. The first-order valence-electron chi connectivity index (χ1n) is 8.87. The minimum atomic E-state index is -0.750. The van der Waals surface area contributed by atoms with E-state index in [1.807, 2.05) is 13.0 Å². The van der Waals surface area contributed by atoms with Gasteiger partial charge >= 0.3 is 0 Å². The molecule has 1 aliphatic heterocycles. The van der Waals surface area contributed by atoms with E-state index in [4.69, 9.17) is 0 Å². The van der Waals surface area contributed by atoms with Crippen LogP contribution in [0.15, 0.2) is 30.3 Å². The van der Waals surface area contributed by atoms with Crippen molar-refractivity contribution >= 4 is 11.6 Å². The third-order valence-corrected chi connectivity index (χ3v) is 5.26. The first-order valence-corrected chi connectivity index (χ1v) is 8.87. The van der Waals surface area contributed by atoms with E-state index in [0.717, 1.165) is 39.1 Å².